The van der Waals surface area contributed by atoms with Crippen LogP contribution in [0.2, 0.25) is 5.15 Å². The highest BCUT2D eigenvalue weighted by Gasteiger charge is 2.23. The van der Waals surface area contributed by atoms with E-state index in [4.69, 9.17) is 16.6 Å². The van der Waals surface area contributed by atoms with Crippen molar-refractivity contribution in [3.8, 4) is 0 Å². The van der Waals surface area contributed by atoms with E-state index in [-0.39, 0.29) is 5.91 Å². The highest BCUT2D eigenvalue weighted by molar-refractivity contribution is 6.29. The minimum atomic E-state index is -0.000776. The van der Waals surface area contributed by atoms with Gasteiger partial charge in [0, 0.05) is 45.7 Å². The lowest BCUT2D eigenvalue weighted by atomic mass is 9.89. The summed E-state index contributed by atoms with van der Waals surface area (Å²) >= 11 is 6.30. The topological polar surface area (TPSA) is 61.4 Å². The van der Waals surface area contributed by atoms with Gasteiger partial charge in [-0.3, -0.25) is 4.79 Å². The average molecular weight is 414 g/mol. The van der Waals surface area contributed by atoms with Crippen LogP contribution in [0.25, 0.3) is 0 Å². The molecule has 6 nitrogen and oxygen atoms in total. The summed E-state index contributed by atoms with van der Waals surface area (Å²) in [6, 6.07) is 10.5. The van der Waals surface area contributed by atoms with Crippen molar-refractivity contribution in [2.75, 3.05) is 36.0 Å². The van der Waals surface area contributed by atoms with Crippen LogP contribution >= 0.6 is 11.6 Å². The molecule has 3 heterocycles. The van der Waals surface area contributed by atoms with Crippen molar-refractivity contribution in [2.45, 2.75) is 45.1 Å². The Kier molecular flexibility index (Phi) is 6.19. The summed E-state index contributed by atoms with van der Waals surface area (Å²) in [7, 11) is 0. The molecule has 2 aromatic rings. The van der Waals surface area contributed by atoms with Gasteiger partial charge in [0.25, 0.3) is 0 Å². The third kappa shape index (κ3) is 4.99. The van der Waals surface area contributed by atoms with E-state index in [9.17, 15) is 4.79 Å². The first-order valence-corrected chi connectivity index (χ1v) is 10.8. The maximum absolute atomic E-state index is 11.1. The predicted octanol–water partition coefficient (Wildman–Crippen LogP) is 3.75. The van der Waals surface area contributed by atoms with Gasteiger partial charge in [0.1, 0.15) is 11.0 Å². The first-order chi connectivity index (χ1) is 14.1. The van der Waals surface area contributed by atoms with Gasteiger partial charge < -0.3 is 15.1 Å². The molecule has 0 unspecified atom stereocenters. The molecule has 0 radical (unpaired) electrons. The zero-order valence-electron chi connectivity index (χ0n) is 16.9. The smallest absolute Gasteiger partial charge is 0.228 e. The molecule has 2 aliphatic rings. The molecule has 0 saturated carbocycles. The lowest BCUT2D eigenvalue weighted by Gasteiger charge is -2.33. The Morgan fingerprint density at radius 3 is 2.41 bits per heavy atom. The van der Waals surface area contributed by atoms with Crippen molar-refractivity contribution in [3.63, 3.8) is 0 Å². The number of halogens is 1. The van der Waals surface area contributed by atoms with Crippen molar-refractivity contribution >= 4 is 29.3 Å². The molecule has 1 amide bonds. The Morgan fingerprint density at radius 1 is 1.07 bits per heavy atom. The van der Waals surface area contributed by atoms with E-state index in [1.807, 2.05) is 6.07 Å². The van der Waals surface area contributed by atoms with Gasteiger partial charge in [-0.2, -0.15) is 4.98 Å². The van der Waals surface area contributed by atoms with E-state index < -0.39 is 0 Å². The summed E-state index contributed by atoms with van der Waals surface area (Å²) < 4.78 is 0. The number of carbonyl (C=O) groups excluding carboxylic acids is 1. The summed E-state index contributed by atoms with van der Waals surface area (Å²) in [6.45, 7) is 6.08. The molecule has 0 atom stereocenters. The molecule has 1 N–H and O–H groups in total. The van der Waals surface area contributed by atoms with Gasteiger partial charge in [0.15, 0.2) is 0 Å². The lowest BCUT2D eigenvalue weighted by Crippen LogP contribution is -2.34. The van der Waals surface area contributed by atoms with E-state index in [1.54, 1.807) is 6.92 Å². The molecule has 0 spiro atoms. The fraction of sp³-hybridized carbons (Fsp3) is 0.500. The number of rotatable bonds is 5. The van der Waals surface area contributed by atoms with E-state index in [1.165, 1.54) is 18.4 Å². The first kappa shape index (κ1) is 20.0. The zero-order chi connectivity index (χ0) is 20.2. The molecule has 29 heavy (non-hydrogen) atoms. The third-order valence-corrected chi connectivity index (χ3v) is 6.06. The average Bonchev–Trinajstić information content (AvgIpc) is 3.27. The summed E-state index contributed by atoms with van der Waals surface area (Å²) in [5.41, 5.74) is 2.50. The Hall–Kier alpha value is -2.34. The van der Waals surface area contributed by atoms with Crippen molar-refractivity contribution in [3.05, 3.63) is 46.6 Å². The standard InChI is InChI=1S/C22H28ClN5O/c1-16(29)24-15-17-4-6-18(7-5-17)19-8-12-27(13-9-19)21-14-20(23)25-22(26-21)28-10-2-3-11-28/h4-7,14,19H,2-3,8-13,15H2,1H3,(H,24,29). The van der Waals surface area contributed by atoms with Crippen LogP contribution in [0.1, 0.15) is 49.7 Å². The van der Waals surface area contributed by atoms with Gasteiger partial charge in [0.05, 0.1) is 0 Å². The molecule has 2 saturated heterocycles. The summed E-state index contributed by atoms with van der Waals surface area (Å²) in [4.78, 5) is 24.9. The fourth-order valence-electron chi connectivity index (χ4n) is 4.19. The second kappa shape index (κ2) is 8.99. The van der Waals surface area contributed by atoms with Gasteiger partial charge in [-0.15, -0.1) is 0 Å². The van der Waals surface area contributed by atoms with Crippen LogP contribution in [0.5, 0.6) is 0 Å². The van der Waals surface area contributed by atoms with Crippen LogP contribution in [0.15, 0.2) is 30.3 Å². The molecule has 7 heteroatoms. The zero-order valence-corrected chi connectivity index (χ0v) is 17.7. The lowest BCUT2D eigenvalue weighted by molar-refractivity contribution is -0.119. The van der Waals surface area contributed by atoms with Crippen molar-refractivity contribution < 1.29 is 4.79 Å². The van der Waals surface area contributed by atoms with E-state index >= 15 is 0 Å². The number of benzene rings is 1. The summed E-state index contributed by atoms with van der Waals surface area (Å²) in [6.07, 6.45) is 4.57. The molecule has 2 fully saturated rings. The number of carbonyl (C=O) groups is 1. The fourth-order valence-corrected chi connectivity index (χ4v) is 4.36. The summed E-state index contributed by atoms with van der Waals surface area (Å²) in [5, 5.41) is 3.36. The molecular formula is C22H28ClN5O. The molecular weight excluding hydrogens is 386 g/mol. The van der Waals surface area contributed by atoms with E-state index in [0.29, 0.717) is 17.6 Å². The largest absolute Gasteiger partial charge is 0.356 e. The number of amides is 1. The molecule has 1 aromatic heterocycles. The number of anilines is 2. The number of nitrogens with one attached hydrogen (secondary N) is 1. The monoisotopic (exact) mass is 413 g/mol. The molecule has 2 aliphatic heterocycles. The van der Waals surface area contributed by atoms with Gasteiger partial charge in [-0.05, 0) is 42.7 Å². The normalized spacial score (nSPS) is 17.6. The highest BCUT2D eigenvalue weighted by atomic mass is 35.5. The Labute approximate surface area is 177 Å². The molecule has 154 valence electrons. The maximum Gasteiger partial charge on any atom is 0.228 e. The van der Waals surface area contributed by atoms with Gasteiger partial charge in [0.2, 0.25) is 11.9 Å². The second-order valence-corrected chi connectivity index (χ2v) is 8.34. The molecule has 4 rings (SSSR count). The van der Waals surface area contributed by atoms with Crippen LogP contribution in [-0.4, -0.2) is 42.1 Å². The van der Waals surface area contributed by atoms with E-state index in [0.717, 1.165) is 56.4 Å². The maximum atomic E-state index is 11.1. The minimum absolute atomic E-state index is 0.000776. The molecule has 1 aromatic carbocycles. The quantitative estimate of drug-likeness (QED) is 0.756. The number of piperidine rings is 1. The van der Waals surface area contributed by atoms with Crippen LogP contribution in [0.4, 0.5) is 11.8 Å². The van der Waals surface area contributed by atoms with Gasteiger partial charge >= 0.3 is 0 Å². The highest BCUT2D eigenvalue weighted by Crippen LogP contribution is 2.31. The second-order valence-electron chi connectivity index (χ2n) is 7.96. The summed E-state index contributed by atoms with van der Waals surface area (Å²) in [5.74, 6) is 2.26. The van der Waals surface area contributed by atoms with Crippen LogP contribution < -0.4 is 15.1 Å². The van der Waals surface area contributed by atoms with Crippen molar-refractivity contribution in [1.82, 2.24) is 15.3 Å². The predicted molar refractivity (Wildman–Crippen MR) is 117 cm³/mol. The Balaban J connectivity index is 1.37. The minimum Gasteiger partial charge on any atom is -0.356 e. The molecule has 0 aliphatic carbocycles. The SMILES string of the molecule is CC(=O)NCc1ccc(C2CCN(c3cc(Cl)nc(N4CCCC4)n3)CC2)cc1. The van der Waals surface area contributed by atoms with Gasteiger partial charge in [-0.25, -0.2) is 4.98 Å². The van der Waals surface area contributed by atoms with Crippen LogP contribution in [-0.2, 0) is 11.3 Å². The van der Waals surface area contributed by atoms with Gasteiger partial charge in [-0.1, -0.05) is 35.9 Å². The van der Waals surface area contributed by atoms with Crippen LogP contribution in [0.3, 0.4) is 0 Å². The first-order valence-electron chi connectivity index (χ1n) is 10.5. The Bertz CT molecular complexity index is 843. The van der Waals surface area contributed by atoms with Crippen molar-refractivity contribution in [1.29, 1.82) is 0 Å². The Morgan fingerprint density at radius 2 is 1.76 bits per heavy atom. The number of nitrogens with zero attached hydrogens (tertiary/aromatic N) is 4. The van der Waals surface area contributed by atoms with Crippen LogP contribution in [0, 0.1) is 0 Å². The number of hydrogen-bond acceptors (Lipinski definition) is 5. The third-order valence-electron chi connectivity index (χ3n) is 5.87. The van der Waals surface area contributed by atoms with E-state index in [2.05, 4.69) is 44.4 Å². The molecule has 0 bridgehead atoms. The number of aromatic nitrogens is 2. The number of hydrogen-bond donors (Lipinski definition) is 1. The van der Waals surface area contributed by atoms with Crippen molar-refractivity contribution in [2.24, 2.45) is 0 Å².